The summed E-state index contributed by atoms with van der Waals surface area (Å²) < 4.78 is 1.01. The van der Waals surface area contributed by atoms with Crippen molar-refractivity contribution in [1.82, 2.24) is 4.98 Å². The summed E-state index contributed by atoms with van der Waals surface area (Å²) in [6.07, 6.45) is 2.64. The zero-order valence-electron chi connectivity index (χ0n) is 5.96. The van der Waals surface area contributed by atoms with Crippen LogP contribution in [0.5, 0.6) is 0 Å². The van der Waals surface area contributed by atoms with Gasteiger partial charge in [-0.15, -0.1) is 12.4 Å². The van der Waals surface area contributed by atoms with Crippen molar-refractivity contribution in [2.75, 3.05) is 6.54 Å². The second-order valence-corrected chi connectivity index (χ2v) is 2.92. The van der Waals surface area contributed by atoms with E-state index >= 15 is 0 Å². The number of aromatic nitrogens is 1. The Bertz CT molecular complexity index is 200. The van der Waals surface area contributed by atoms with Crippen LogP contribution in [0, 0.1) is 0 Å². The van der Waals surface area contributed by atoms with E-state index in [0.717, 1.165) is 16.6 Å². The van der Waals surface area contributed by atoms with E-state index in [9.17, 15) is 0 Å². The van der Waals surface area contributed by atoms with Crippen molar-refractivity contribution in [3.05, 3.63) is 28.5 Å². The topological polar surface area (TPSA) is 38.9 Å². The standard InChI is InChI=1S/C7H9BrN2.ClH/c8-6-1-2-7(3-4-9)10-5-6;/h1-2,5H,3-4,9H2;1H. The first-order valence-electron chi connectivity index (χ1n) is 3.13. The first-order chi connectivity index (χ1) is 4.83. The molecule has 0 fully saturated rings. The van der Waals surface area contributed by atoms with Gasteiger partial charge in [-0.3, -0.25) is 4.98 Å². The van der Waals surface area contributed by atoms with Gasteiger partial charge in [-0.1, -0.05) is 0 Å². The number of halogens is 2. The molecule has 0 spiro atoms. The monoisotopic (exact) mass is 236 g/mol. The van der Waals surface area contributed by atoms with Crippen LogP contribution in [0.3, 0.4) is 0 Å². The van der Waals surface area contributed by atoms with Crippen molar-refractivity contribution < 1.29 is 0 Å². The van der Waals surface area contributed by atoms with Crippen molar-refractivity contribution in [2.45, 2.75) is 6.42 Å². The molecule has 0 bridgehead atoms. The summed E-state index contributed by atoms with van der Waals surface area (Å²) in [4.78, 5) is 4.14. The van der Waals surface area contributed by atoms with Gasteiger partial charge in [0.2, 0.25) is 0 Å². The lowest BCUT2D eigenvalue weighted by molar-refractivity contribution is 0.922. The summed E-state index contributed by atoms with van der Waals surface area (Å²) in [6, 6.07) is 3.94. The number of hydrogen-bond donors (Lipinski definition) is 1. The largest absolute Gasteiger partial charge is 0.330 e. The van der Waals surface area contributed by atoms with Gasteiger partial charge in [-0.25, -0.2) is 0 Å². The smallest absolute Gasteiger partial charge is 0.0417 e. The van der Waals surface area contributed by atoms with Crippen LogP contribution in [0.25, 0.3) is 0 Å². The van der Waals surface area contributed by atoms with Crippen molar-refractivity contribution in [3.8, 4) is 0 Å². The maximum Gasteiger partial charge on any atom is 0.0417 e. The third-order valence-electron chi connectivity index (χ3n) is 1.19. The lowest BCUT2D eigenvalue weighted by Crippen LogP contribution is -2.03. The van der Waals surface area contributed by atoms with E-state index in [2.05, 4.69) is 20.9 Å². The minimum atomic E-state index is 0. The molecule has 2 N–H and O–H groups in total. The van der Waals surface area contributed by atoms with Crippen LogP contribution in [0.15, 0.2) is 22.8 Å². The highest BCUT2D eigenvalue weighted by molar-refractivity contribution is 9.10. The molecule has 62 valence electrons. The zero-order chi connectivity index (χ0) is 7.40. The lowest BCUT2D eigenvalue weighted by atomic mass is 10.3. The van der Waals surface area contributed by atoms with Crippen molar-refractivity contribution >= 4 is 28.3 Å². The molecular weight excluding hydrogens is 227 g/mol. The molecule has 0 saturated heterocycles. The first-order valence-corrected chi connectivity index (χ1v) is 3.92. The maximum atomic E-state index is 5.35. The number of hydrogen-bond acceptors (Lipinski definition) is 2. The lowest BCUT2D eigenvalue weighted by Gasteiger charge is -1.95. The van der Waals surface area contributed by atoms with Crippen LogP contribution in [-0.4, -0.2) is 11.5 Å². The van der Waals surface area contributed by atoms with Crippen LogP contribution >= 0.6 is 28.3 Å². The van der Waals surface area contributed by atoms with Gasteiger partial charge in [-0.2, -0.15) is 0 Å². The molecule has 1 heterocycles. The number of nitrogens with two attached hydrogens (primary N) is 1. The van der Waals surface area contributed by atoms with Gasteiger partial charge in [0.1, 0.15) is 0 Å². The molecule has 2 nitrogen and oxygen atoms in total. The van der Waals surface area contributed by atoms with Gasteiger partial charge in [0.25, 0.3) is 0 Å². The van der Waals surface area contributed by atoms with Gasteiger partial charge in [0.05, 0.1) is 0 Å². The Kier molecular flexibility index (Phi) is 5.46. The van der Waals surface area contributed by atoms with Crippen LogP contribution in [0.2, 0.25) is 0 Å². The minimum absolute atomic E-state index is 0. The predicted molar refractivity (Wildman–Crippen MR) is 51.9 cm³/mol. The first kappa shape index (κ1) is 10.9. The highest BCUT2D eigenvalue weighted by Gasteiger charge is 1.90. The zero-order valence-corrected chi connectivity index (χ0v) is 8.36. The highest BCUT2D eigenvalue weighted by atomic mass is 79.9. The fraction of sp³-hybridized carbons (Fsp3) is 0.286. The summed E-state index contributed by atoms with van der Waals surface area (Å²) in [6.45, 7) is 0.661. The molecule has 0 aliphatic heterocycles. The molecule has 0 radical (unpaired) electrons. The Morgan fingerprint density at radius 1 is 1.45 bits per heavy atom. The van der Waals surface area contributed by atoms with E-state index in [0.29, 0.717) is 6.54 Å². The van der Waals surface area contributed by atoms with Gasteiger partial charge in [0, 0.05) is 22.8 Å². The van der Waals surface area contributed by atoms with Crippen molar-refractivity contribution in [2.24, 2.45) is 5.73 Å². The molecule has 1 aromatic heterocycles. The fourth-order valence-electron chi connectivity index (χ4n) is 0.702. The summed E-state index contributed by atoms with van der Waals surface area (Å²) in [5.41, 5.74) is 6.39. The van der Waals surface area contributed by atoms with Crippen LogP contribution in [0.4, 0.5) is 0 Å². The molecule has 0 unspecified atom stereocenters. The Balaban J connectivity index is 0.000001000. The number of nitrogens with zero attached hydrogens (tertiary/aromatic N) is 1. The maximum absolute atomic E-state index is 5.35. The Morgan fingerprint density at radius 3 is 2.64 bits per heavy atom. The Hall–Kier alpha value is -0.120. The van der Waals surface area contributed by atoms with E-state index in [4.69, 9.17) is 5.73 Å². The summed E-state index contributed by atoms with van der Waals surface area (Å²) >= 11 is 3.30. The Labute approximate surface area is 80.7 Å². The van der Waals surface area contributed by atoms with E-state index in [-0.39, 0.29) is 12.4 Å². The molecular formula is C7H10BrClN2. The SMILES string of the molecule is Cl.NCCc1ccc(Br)cn1. The van der Waals surface area contributed by atoms with Crippen molar-refractivity contribution in [1.29, 1.82) is 0 Å². The second-order valence-electron chi connectivity index (χ2n) is 2.01. The second kappa shape index (κ2) is 5.52. The summed E-state index contributed by atoms with van der Waals surface area (Å²) in [5.74, 6) is 0. The average molecular weight is 238 g/mol. The van der Waals surface area contributed by atoms with Gasteiger partial charge < -0.3 is 5.73 Å². The minimum Gasteiger partial charge on any atom is -0.330 e. The molecule has 0 atom stereocenters. The molecule has 0 amide bonds. The van der Waals surface area contributed by atoms with Crippen LogP contribution < -0.4 is 5.73 Å². The molecule has 11 heavy (non-hydrogen) atoms. The van der Waals surface area contributed by atoms with E-state index in [1.165, 1.54) is 0 Å². The van der Waals surface area contributed by atoms with Crippen LogP contribution in [0.1, 0.15) is 5.69 Å². The molecule has 1 aromatic rings. The van der Waals surface area contributed by atoms with Gasteiger partial charge >= 0.3 is 0 Å². The van der Waals surface area contributed by atoms with Gasteiger partial charge in [0.15, 0.2) is 0 Å². The third-order valence-corrected chi connectivity index (χ3v) is 1.66. The number of rotatable bonds is 2. The molecule has 0 aliphatic rings. The molecule has 0 aliphatic carbocycles. The Morgan fingerprint density at radius 2 is 2.18 bits per heavy atom. The molecule has 0 saturated carbocycles. The van der Waals surface area contributed by atoms with E-state index in [1.807, 2.05) is 12.1 Å². The summed E-state index contributed by atoms with van der Waals surface area (Å²) in [7, 11) is 0. The third kappa shape index (κ3) is 3.70. The quantitative estimate of drug-likeness (QED) is 0.851. The van der Waals surface area contributed by atoms with Gasteiger partial charge in [-0.05, 0) is 34.6 Å². The average Bonchev–Trinajstić information content (AvgIpc) is 1.95. The number of pyridine rings is 1. The highest BCUT2D eigenvalue weighted by Crippen LogP contribution is 2.06. The van der Waals surface area contributed by atoms with Crippen LogP contribution in [-0.2, 0) is 6.42 Å². The molecule has 4 heteroatoms. The predicted octanol–water partition coefficient (Wildman–Crippen LogP) is 1.77. The summed E-state index contributed by atoms with van der Waals surface area (Å²) in [5, 5.41) is 0. The van der Waals surface area contributed by atoms with E-state index < -0.39 is 0 Å². The van der Waals surface area contributed by atoms with E-state index in [1.54, 1.807) is 6.20 Å². The fourth-order valence-corrected chi connectivity index (χ4v) is 0.937. The normalized spacial score (nSPS) is 8.91. The molecule has 0 aromatic carbocycles. The molecule has 1 rings (SSSR count). The van der Waals surface area contributed by atoms with Crippen molar-refractivity contribution in [3.63, 3.8) is 0 Å².